The molecule has 0 aliphatic carbocycles. The molecule has 6 heteroatoms. The number of ether oxygens (including phenoxy) is 1. The third-order valence-corrected chi connectivity index (χ3v) is 5.27. The van der Waals surface area contributed by atoms with E-state index in [0.717, 1.165) is 17.9 Å². The summed E-state index contributed by atoms with van der Waals surface area (Å²) in [6, 6.07) is 14.7. The van der Waals surface area contributed by atoms with Gasteiger partial charge in [0.2, 0.25) is 5.91 Å². The zero-order valence-electron chi connectivity index (χ0n) is 19.7. The molecule has 0 radical (unpaired) electrons. The summed E-state index contributed by atoms with van der Waals surface area (Å²) in [5, 5.41) is 5.98. The Hall–Kier alpha value is -3.02. The third kappa shape index (κ3) is 8.61. The summed E-state index contributed by atoms with van der Waals surface area (Å²) in [6.45, 7) is 8.32. The van der Waals surface area contributed by atoms with E-state index in [4.69, 9.17) is 4.74 Å². The van der Waals surface area contributed by atoms with Crippen LogP contribution in [0.5, 0.6) is 5.75 Å². The molecule has 0 saturated heterocycles. The van der Waals surface area contributed by atoms with Gasteiger partial charge in [0, 0.05) is 36.1 Å². The highest BCUT2D eigenvalue weighted by Gasteiger charge is 2.12. The molecule has 2 aromatic carbocycles. The standard InChI is InChI=1S/C26H37N3O3/c1-4-7-8-9-10-18-32-24-13-11-12-23(19-24)27-20-25(30)28-22-16-14-21(15-17-22)26(31)29(5-2)6-3/h11-17,19,27H,4-10,18,20H2,1-3H3,(H,28,30). The van der Waals surface area contributed by atoms with E-state index in [9.17, 15) is 9.59 Å². The van der Waals surface area contributed by atoms with Crippen LogP contribution in [0.4, 0.5) is 11.4 Å². The fourth-order valence-corrected chi connectivity index (χ4v) is 3.37. The quantitative estimate of drug-likeness (QED) is 0.378. The lowest BCUT2D eigenvalue weighted by Gasteiger charge is -2.18. The van der Waals surface area contributed by atoms with Gasteiger partial charge in [0.1, 0.15) is 5.75 Å². The molecule has 0 saturated carbocycles. The molecule has 174 valence electrons. The van der Waals surface area contributed by atoms with Crippen molar-refractivity contribution in [3.8, 4) is 5.75 Å². The van der Waals surface area contributed by atoms with E-state index in [1.54, 1.807) is 29.2 Å². The van der Waals surface area contributed by atoms with Gasteiger partial charge in [-0.25, -0.2) is 0 Å². The molecule has 2 N–H and O–H groups in total. The van der Waals surface area contributed by atoms with Gasteiger partial charge in [0.05, 0.1) is 13.2 Å². The highest BCUT2D eigenvalue weighted by atomic mass is 16.5. The molecule has 2 aromatic rings. The zero-order chi connectivity index (χ0) is 23.2. The molecule has 2 amide bonds. The first-order valence-corrected chi connectivity index (χ1v) is 11.7. The van der Waals surface area contributed by atoms with Crippen LogP contribution in [-0.4, -0.2) is 43.0 Å². The highest BCUT2D eigenvalue weighted by molar-refractivity contribution is 5.96. The smallest absolute Gasteiger partial charge is 0.253 e. The predicted molar refractivity (Wildman–Crippen MR) is 132 cm³/mol. The van der Waals surface area contributed by atoms with Gasteiger partial charge in [-0.2, -0.15) is 0 Å². The summed E-state index contributed by atoms with van der Waals surface area (Å²) in [7, 11) is 0. The van der Waals surface area contributed by atoms with Crippen molar-refractivity contribution in [1.82, 2.24) is 4.90 Å². The molecule has 6 nitrogen and oxygen atoms in total. The molecular formula is C26H37N3O3. The topological polar surface area (TPSA) is 70.7 Å². The second kappa shape index (κ2) is 14.1. The average molecular weight is 440 g/mol. The molecule has 0 fully saturated rings. The fourth-order valence-electron chi connectivity index (χ4n) is 3.37. The van der Waals surface area contributed by atoms with E-state index in [2.05, 4.69) is 17.6 Å². The number of nitrogens with zero attached hydrogens (tertiary/aromatic N) is 1. The van der Waals surface area contributed by atoms with Gasteiger partial charge in [-0.1, -0.05) is 38.7 Å². The lowest BCUT2D eigenvalue weighted by atomic mass is 10.1. The van der Waals surface area contributed by atoms with Crippen molar-refractivity contribution in [3.63, 3.8) is 0 Å². The lowest BCUT2D eigenvalue weighted by Crippen LogP contribution is -2.30. The number of amides is 2. The van der Waals surface area contributed by atoms with Gasteiger partial charge in [0.25, 0.3) is 5.91 Å². The van der Waals surface area contributed by atoms with Crippen LogP contribution >= 0.6 is 0 Å². The number of unbranched alkanes of at least 4 members (excludes halogenated alkanes) is 4. The van der Waals surface area contributed by atoms with E-state index >= 15 is 0 Å². The Balaban J connectivity index is 1.77. The van der Waals surface area contributed by atoms with Crippen LogP contribution in [0.1, 0.15) is 63.2 Å². The molecule has 0 heterocycles. The largest absolute Gasteiger partial charge is 0.494 e. The number of nitrogens with one attached hydrogen (secondary N) is 2. The van der Waals surface area contributed by atoms with Crippen molar-refractivity contribution < 1.29 is 14.3 Å². The monoisotopic (exact) mass is 439 g/mol. The molecular weight excluding hydrogens is 402 g/mol. The maximum Gasteiger partial charge on any atom is 0.253 e. The Morgan fingerprint density at radius 1 is 0.875 bits per heavy atom. The van der Waals surface area contributed by atoms with Gasteiger partial charge < -0.3 is 20.3 Å². The van der Waals surface area contributed by atoms with E-state index in [-0.39, 0.29) is 18.4 Å². The molecule has 0 aliphatic rings. The number of rotatable bonds is 14. The molecule has 0 atom stereocenters. The summed E-state index contributed by atoms with van der Waals surface area (Å²) < 4.78 is 5.82. The van der Waals surface area contributed by atoms with Crippen LogP contribution < -0.4 is 15.4 Å². The number of hydrogen-bond acceptors (Lipinski definition) is 4. The number of carbonyl (C=O) groups excluding carboxylic acids is 2. The first-order chi connectivity index (χ1) is 15.6. The predicted octanol–water partition coefficient (Wildman–Crippen LogP) is 5.57. The van der Waals surface area contributed by atoms with Gasteiger partial charge in [-0.15, -0.1) is 0 Å². The number of benzene rings is 2. The number of hydrogen-bond donors (Lipinski definition) is 2. The van der Waals surface area contributed by atoms with Gasteiger partial charge in [-0.05, 0) is 56.7 Å². The molecule has 0 aromatic heterocycles. The maximum atomic E-state index is 12.4. The van der Waals surface area contributed by atoms with Crippen molar-refractivity contribution >= 4 is 23.2 Å². The summed E-state index contributed by atoms with van der Waals surface area (Å²) in [5.41, 5.74) is 2.11. The van der Waals surface area contributed by atoms with Crippen LogP contribution in [0.25, 0.3) is 0 Å². The van der Waals surface area contributed by atoms with Crippen LogP contribution in [0.3, 0.4) is 0 Å². The summed E-state index contributed by atoms with van der Waals surface area (Å²) in [4.78, 5) is 26.4. The van der Waals surface area contributed by atoms with E-state index < -0.39 is 0 Å². The highest BCUT2D eigenvalue weighted by Crippen LogP contribution is 2.18. The summed E-state index contributed by atoms with van der Waals surface area (Å²) in [6.07, 6.45) is 6.02. The lowest BCUT2D eigenvalue weighted by molar-refractivity contribution is -0.114. The molecule has 2 rings (SSSR count). The van der Waals surface area contributed by atoms with Gasteiger partial charge in [0.15, 0.2) is 0 Å². The molecule has 0 unspecified atom stereocenters. The van der Waals surface area contributed by atoms with E-state index in [1.807, 2.05) is 38.1 Å². The van der Waals surface area contributed by atoms with Crippen LogP contribution in [0.2, 0.25) is 0 Å². The average Bonchev–Trinajstić information content (AvgIpc) is 2.81. The van der Waals surface area contributed by atoms with Crippen LogP contribution in [0.15, 0.2) is 48.5 Å². The molecule has 0 spiro atoms. The Morgan fingerprint density at radius 2 is 1.59 bits per heavy atom. The Kier molecular flexibility index (Phi) is 11.1. The molecule has 0 bridgehead atoms. The normalized spacial score (nSPS) is 10.5. The van der Waals surface area contributed by atoms with Gasteiger partial charge in [-0.3, -0.25) is 9.59 Å². The number of carbonyl (C=O) groups is 2. The maximum absolute atomic E-state index is 12.4. The first-order valence-electron chi connectivity index (χ1n) is 11.7. The van der Waals surface area contributed by atoms with Crippen molar-refractivity contribution in [2.45, 2.75) is 52.9 Å². The second-order valence-electron chi connectivity index (χ2n) is 7.75. The van der Waals surface area contributed by atoms with Crippen LogP contribution in [-0.2, 0) is 4.79 Å². The van der Waals surface area contributed by atoms with E-state index in [1.165, 1.54) is 25.7 Å². The van der Waals surface area contributed by atoms with Gasteiger partial charge >= 0.3 is 0 Å². The molecule has 0 aliphatic heterocycles. The summed E-state index contributed by atoms with van der Waals surface area (Å²) in [5.74, 6) is 0.645. The van der Waals surface area contributed by atoms with Crippen LogP contribution in [0, 0.1) is 0 Å². The SMILES string of the molecule is CCCCCCCOc1cccc(NCC(=O)Nc2ccc(C(=O)N(CC)CC)cc2)c1. The Bertz CT molecular complexity index is 832. The fraction of sp³-hybridized carbons (Fsp3) is 0.462. The first kappa shape index (κ1) is 25.2. The minimum Gasteiger partial charge on any atom is -0.494 e. The minimum absolute atomic E-state index is 0.00222. The summed E-state index contributed by atoms with van der Waals surface area (Å²) >= 11 is 0. The van der Waals surface area contributed by atoms with E-state index in [0.29, 0.717) is 30.9 Å². The third-order valence-electron chi connectivity index (χ3n) is 5.27. The Labute approximate surface area is 192 Å². The van der Waals surface area contributed by atoms with Crippen molar-refractivity contribution in [3.05, 3.63) is 54.1 Å². The van der Waals surface area contributed by atoms with Crippen molar-refractivity contribution in [2.75, 3.05) is 36.9 Å². The van der Waals surface area contributed by atoms with Crippen molar-refractivity contribution in [2.24, 2.45) is 0 Å². The number of anilines is 2. The molecule has 32 heavy (non-hydrogen) atoms. The minimum atomic E-state index is -0.157. The second-order valence-corrected chi connectivity index (χ2v) is 7.75. The van der Waals surface area contributed by atoms with Crippen molar-refractivity contribution in [1.29, 1.82) is 0 Å². The zero-order valence-corrected chi connectivity index (χ0v) is 19.7. The Morgan fingerprint density at radius 3 is 2.28 bits per heavy atom.